The third-order valence-corrected chi connectivity index (χ3v) is 15.2. The summed E-state index contributed by atoms with van der Waals surface area (Å²) < 4.78 is 8.58. The number of pyridine rings is 2. The molecule has 2 amide bonds. The van der Waals surface area contributed by atoms with Crippen LogP contribution in [-0.2, 0) is 46.0 Å². The minimum absolute atomic E-state index is 0.00943. The smallest absolute Gasteiger partial charge is 0.343 e. The van der Waals surface area contributed by atoms with E-state index in [4.69, 9.17) is 9.72 Å². The summed E-state index contributed by atoms with van der Waals surface area (Å²) in [5, 5.41) is 45.1. The summed E-state index contributed by atoms with van der Waals surface area (Å²) >= 11 is 0. The number of nitrogens with one attached hydrogen (secondary N) is 1. The Morgan fingerprint density at radius 2 is 1.65 bits per heavy atom. The molecule has 0 bridgehead atoms. The van der Waals surface area contributed by atoms with Gasteiger partial charge in [-0.15, -0.1) is 10.2 Å². The van der Waals surface area contributed by atoms with E-state index in [1.807, 2.05) is 51.1 Å². The Kier molecular flexibility index (Phi) is 12.8. The molecule has 10 rings (SSSR count). The van der Waals surface area contributed by atoms with Crippen LogP contribution in [0.4, 0.5) is 0 Å². The molecule has 0 saturated carbocycles. The van der Waals surface area contributed by atoms with Crippen molar-refractivity contribution in [1.82, 2.24) is 39.4 Å². The van der Waals surface area contributed by atoms with E-state index in [-0.39, 0.29) is 59.5 Å². The van der Waals surface area contributed by atoms with Crippen LogP contribution in [-0.4, -0.2) is 99.9 Å². The average Bonchev–Trinajstić information content (AvgIpc) is 3.98. The van der Waals surface area contributed by atoms with Gasteiger partial charge in [-0.2, -0.15) is 0 Å². The van der Waals surface area contributed by atoms with Crippen LogP contribution in [0.25, 0.3) is 39.4 Å². The van der Waals surface area contributed by atoms with Gasteiger partial charge in [-0.05, 0) is 135 Å². The molecule has 71 heavy (non-hydrogen) atoms. The number of amides is 2. The molecule has 1 radical (unpaired) electrons. The molecule has 16 nitrogen and oxygen atoms in total. The van der Waals surface area contributed by atoms with E-state index in [9.17, 15) is 34.5 Å². The first-order valence-corrected chi connectivity index (χ1v) is 25.1. The third-order valence-electron chi connectivity index (χ3n) is 15.2. The highest BCUT2D eigenvalue weighted by atomic mass is 16.6. The predicted octanol–water partition coefficient (Wildman–Crippen LogP) is 6.88. The molecule has 369 valence electrons. The Morgan fingerprint density at radius 3 is 2.34 bits per heavy atom. The number of nitrogens with zero attached hydrogens (tertiary/aromatic N) is 7. The SMILES string of the molecule is CCNC(=O)c1nnc(-c2cc(C(C)C)c(O)cc2O)n1-c1ccc(CN2CCC(C(=O)N3CCC([CH]c4ccc5nc6c(c(CC)c5c4)Cn4c-6cc5c(c4=O)COC(=O)C5(O)CC)CC3)CC2)cc1. The summed E-state index contributed by atoms with van der Waals surface area (Å²) in [4.78, 5) is 63.0. The van der Waals surface area contributed by atoms with Crippen LogP contribution in [0, 0.1) is 18.3 Å². The van der Waals surface area contributed by atoms with Gasteiger partial charge in [-0.1, -0.05) is 45.9 Å². The number of aromatic nitrogens is 5. The molecule has 7 heterocycles. The predicted molar refractivity (Wildman–Crippen MR) is 267 cm³/mol. The number of phenols is 2. The zero-order valence-corrected chi connectivity index (χ0v) is 41.0. The van der Waals surface area contributed by atoms with Crippen LogP contribution in [0.15, 0.2) is 65.5 Å². The third kappa shape index (κ3) is 8.54. The highest BCUT2D eigenvalue weighted by molar-refractivity contribution is 5.92. The van der Waals surface area contributed by atoms with Gasteiger partial charge in [0.1, 0.15) is 18.1 Å². The number of esters is 1. The lowest BCUT2D eigenvalue weighted by molar-refractivity contribution is -0.172. The number of hydrogen-bond donors (Lipinski definition) is 4. The van der Waals surface area contributed by atoms with Crippen LogP contribution in [0.5, 0.6) is 11.5 Å². The van der Waals surface area contributed by atoms with Gasteiger partial charge >= 0.3 is 5.97 Å². The zero-order valence-electron chi connectivity index (χ0n) is 41.0. The summed E-state index contributed by atoms with van der Waals surface area (Å²) in [6, 6.07) is 18.9. The molecular formula is C55H61N8O8. The minimum atomic E-state index is -1.87. The second kappa shape index (κ2) is 19.0. The molecule has 3 aromatic carbocycles. The van der Waals surface area contributed by atoms with Gasteiger partial charge < -0.3 is 34.8 Å². The normalized spacial score (nSPS) is 18.4. The van der Waals surface area contributed by atoms with Crippen molar-refractivity contribution in [3.8, 4) is 40.0 Å². The molecule has 2 saturated heterocycles. The number of ether oxygens (including phenoxy) is 1. The number of hydrogen-bond acceptors (Lipinski definition) is 12. The maximum Gasteiger partial charge on any atom is 0.343 e. The van der Waals surface area contributed by atoms with E-state index in [1.165, 1.54) is 6.07 Å². The number of phenolic OH excluding ortho intramolecular Hbond substituents is 2. The van der Waals surface area contributed by atoms with Crippen molar-refractivity contribution in [3.05, 3.63) is 122 Å². The van der Waals surface area contributed by atoms with Crippen molar-refractivity contribution in [2.75, 3.05) is 32.7 Å². The van der Waals surface area contributed by atoms with Crippen molar-refractivity contribution in [3.63, 3.8) is 0 Å². The van der Waals surface area contributed by atoms with Gasteiger partial charge in [0.05, 0.1) is 34.6 Å². The van der Waals surface area contributed by atoms with Crippen molar-refractivity contribution in [2.24, 2.45) is 11.8 Å². The molecule has 3 aromatic heterocycles. The van der Waals surface area contributed by atoms with E-state index in [2.05, 4.69) is 50.8 Å². The monoisotopic (exact) mass is 961 g/mol. The van der Waals surface area contributed by atoms with Crippen molar-refractivity contribution in [2.45, 2.75) is 104 Å². The summed E-state index contributed by atoms with van der Waals surface area (Å²) in [7, 11) is 0. The fraction of sp³-hybridized carbons (Fsp3) is 0.418. The number of piperidine rings is 2. The Labute approximate surface area is 412 Å². The second-order valence-electron chi connectivity index (χ2n) is 19.8. The van der Waals surface area contributed by atoms with Crippen LogP contribution in [0.3, 0.4) is 0 Å². The highest BCUT2D eigenvalue weighted by Crippen LogP contribution is 2.42. The minimum Gasteiger partial charge on any atom is -0.508 e. The number of rotatable bonds is 12. The maximum atomic E-state index is 13.9. The second-order valence-corrected chi connectivity index (χ2v) is 19.8. The molecule has 2 fully saturated rings. The molecule has 1 atom stereocenters. The van der Waals surface area contributed by atoms with Crippen molar-refractivity contribution >= 4 is 28.7 Å². The largest absolute Gasteiger partial charge is 0.508 e. The number of carbonyl (C=O) groups excluding carboxylic acids is 3. The Balaban J connectivity index is 0.754. The number of fused-ring (bicyclic) bond motifs is 5. The van der Waals surface area contributed by atoms with Crippen LogP contribution < -0.4 is 10.9 Å². The number of cyclic esters (lactones) is 1. The Morgan fingerprint density at radius 1 is 0.901 bits per heavy atom. The summed E-state index contributed by atoms with van der Waals surface area (Å²) in [5.74, 6) is -0.421. The number of likely N-dealkylation sites (tertiary alicyclic amines) is 2. The number of benzene rings is 3. The van der Waals surface area contributed by atoms with E-state index in [0.717, 1.165) is 91.4 Å². The first-order valence-electron chi connectivity index (χ1n) is 25.1. The quantitative estimate of drug-likeness (QED) is 0.0926. The molecule has 0 aliphatic carbocycles. The van der Waals surface area contributed by atoms with Crippen LogP contribution in [0.1, 0.15) is 122 Å². The number of aryl methyl sites for hydroxylation is 1. The van der Waals surface area contributed by atoms with Crippen molar-refractivity contribution < 1.29 is 34.4 Å². The average molecular weight is 962 g/mol. The topological polar surface area (TPSA) is 205 Å². The van der Waals surface area contributed by atoms with E-state index in [1.54, 1.807) is 28.2 Å². The van der Waals surface area contributed by atoms with E-state index < -0.39 is 17.5 Å². The lowest BCUT2D eigenvalue weighted by Crippen LogP contribution is -2.45. The molecule has 1 unspecified atom stereocenters. The lowest BCUT2D eigenvalue weighted by atomic mass is 9.86. The highest BCUT2D eigenvalue weighted by Gasteiger charge is 2.45. The van der Waals surface area contributed by atoms with Crippen LogP contribution >= 0.6 is 0 Å². The molecule has 16 heteroatoms. The van der Waals surface area contributed by atoms with Gasteiger partial charge in [0.25, 0.3) is 11.5 Å². The molecule has 4 N–H and O–H groups in total. The molecular weight excluding hydrogens is 901 g/mol. The van der Waals surface area contributed by atoms with Gasteiger partial charge in [-0.25, -0.2) is 9.78 Å². The molecule has 0 spiro atoms. The summed E-state index contributed by atoms with van der Waals surface area (Å²) in [6.07, 6.45) is 6.52. The Bertz CT molecular complexity index is 3140. The first-order chi connectivity index (χ1) is 34.2. The van der Waals surface area contributed by atoms with Gasteiger partial charge in [-0.3, -0.25) is 23.9 Å². The maximum absolute atomic E-state index is 13.9. The number of carbonyl (C=O) groups is 3. The fourth-order valence-electron chi connectivity index (χ4n) is 11.2. The zero-order chi connectivity index (χ0) is 49.9. The summed E-state index contributed by atoms with van der Waals surface area (Å²) in [5.41, 5.74) is 6.58. The summed E-state index contributed by atoms with van der Waals surface area (Å²) in [6.45, 7) is 13.9. The van der Waals surface area contributed by atoms with Gasteiger partial charge in [0.2, 0.25) is 11.7 Å². The molecule has 4 aliphatic heterocycles. The lowest BCUT2D eigenvalue weighted by Gasteiger charge is -2.37. The molecule has 4 aliphatic rings. The van der Waals surface area contributed by atoms with Crippen LogP contribution in [0.2, 0.25) is 0 Å². The van der Waals surface area contributed by atoms with E-state index in [0.29, 0.717) is 64.9 Å². The van der Waals surface area contributed by atoms with Gasteiger partial charge in [0, 0.05) is 60.4 Å². The number of aromatic hydroxyl groups is 2. The first kappa shape index (κ1) is 47.8. The van der Waals surface area contributed by atoms with Crippen molar-refractivity contribution in [1.29, 1.82) is 0 Å². The molecule has 6 aromatic rings. The number of aliphatic hydroxyl groups is 1. The van der Waals surface area contributed by atoms with E-state index >= 15 is 0 Å². The standard InChI is InChI=1S/C55H61N8O8/c1-6-37-39-24-34(11-14-44(39)57-48-41(37)29-62-45(48)26-43-42(53(62)68)30-71-54(69)55(43,70)7-2)23-32-15-21-61(22-16-32)52(67)35-17-19-60(20-18-35)28-33-9-12-36(13-10-33)63-49(58-59-50(63)51(66)56-8-3)40-25-38(31(4)5)46(64)27-47(40)65/h9-14,23-27,31-32,35,64-65,70H,6-8,15-22,28-30H2,1-5H3,(H,56,66). The van der Waals surface area contributed by atoms with Gasteiger partial charge in [0.15, 0.2) is 11.4 Å². The fourth-order valence-corrected chi connectivity index (χ4v) is 11.2. The Hall–Kier alpha value is -6.91.